The van der Waals surface area contributed by atoms with Gasteiger partial charge in [-0.05, 0) is 19.1 Å². The van der Waals surface area contributed by atoms with Gasteiger partial charge in [-0.25, -0.2) is 4.68 Å². The van der Waals surface area contributed by atoms with Gasteiger partial charge in [0.1, 0.15) is 0 Å². The minimum absolute atomic E-state index is 0.0518. The SMILES string of the molecule is COC[C@H](C)N(C)C(=O)c1nn(-c2ccccc2)cc1OC. The Morgan fingerprint density at radius 3 is 2.59 bits per heavy atom. The molecule has 6 heteroatoms. The van der Waals surface area contributed by atoms with Crippen molar-refractivity contribution in [3.63, 3.8) is 0 Å². The van der Waals surface area contributed by atoms with E-state index in [2.05, 4.69) is 5.10 Å². The Kier molecular flexibility index (Phi) is 5.16. The first kappa shape index (κ1) is 16.0. The van der Waals surface area contributed by atoms with Crippen molar-refractivity contribution in [2.75, 3.05) is 27.9 Å². The molecule has 0 spiro atoms. The molecule has 0 unspecified atom stereocenters. The third-order valence-electron chi connectivity index (χ3n) is 3.51. The molecule has 6 nitrogen and oxygen atoms in total. The maximum Gasteiger partial charge on any atom is 0.278 e. The molecule has 0 saturated heterocycles. The first-order valence-corrected chi connectivity index (χ1v) is 7.03. The Morgan fingerprint density at radius 2 is 2.00 bits per heavy atom. The van der Waals surface area contributed by atoms with Crippen molar-refractivity contribution in [3.8, 4) is 11.4 Å². The second-order valence-electron chi connectivity index (χ2n) is 5.05. The standard InChI is InChI=1S/C16H21N3O3/c1-12(11-21-3)18(2)16(20)15-14(22-4)10-19(17-15)13-8-6-5-7-9-13/h5-10,12H,11H2,1-4H3/t12-/m0/s1. The summed E-state index contributed by atoms with van der Waals surface area (Å²) in [5.41, 5.74) is 1.16. The quantitative estimate of drug-likeness (QED) is 0.819. The van der Waals surface area contributed by atoms with E-state index in [4.69, 9.17) is 9.47 Å². The van der Waals surface area contributed by atoms with Crippen molar-refractivity contribution in [3.05, 3.63) is 42.2 Å². The van der Waals surface area contributed by atoms with Gasteiger partial charge >= 0.3 is 0 Å². The number of likely N-dealkylation sites (N-methyl/N-ethyl adjacent to an activating group) is 1. The first-order chi connectivity index (χ1) is 10.6. The molecule has 2 rings (SSSR count). The Hall–Kier alpha value is -2.34. The number of para-hydroxylation sites is 1. The zero-order valence-electron chi connectivity index (χ0n) is 13.3. The summed E-state index contributed by atoms with van der Waals surface area (Å²) < 4.78 is 12.0. The van der Waals surface area contributed by atoms with Crippen LogP contribution < -0.4 is 4.74 Å². The van der Waals surface area contributed by atoms with Crippen molar-refractivity contribution < 1.29 is 14.3 Å². The molecule has 22 heavy (non-hydrogen) atoms. The smallest absolute Gasteiger partial charge is 0.278 e. The lowest BCUT2D eigenvalue weighted by atomic mass is 10.2. The predicted octanol–water partition coefficient (Wildman–Crippen LogP) is 1.99. The molecule has 0 fully saturated rings. The topological polar surface area (TPSA) is 56.6 Å². The molecule has 0 bridgehead atoms. The summed E-state index contributed by atoms with van der Waals surface area (Å²) in [6, 6.07) is 9.53. The number of methoxy groups -OCH3 is 2. The normalized spacial score (nSPS) is 12.0. The number of aromatic nitrogens is 2. The van der Waals surface area contributed by atoms with E-state index >= 15 is 0 Å². The van der Waals surface area contributed by atoms with Crippen LogP contribution in [0.15, 0.2) is 36.5 Å². The second kappa shape index (κ2) is 7.09. The molecule has 2 aromatic rings. The second-order valence-corrected chi connectivity index (χ2v) is 5.05. The highest BCUT2D eigenvalue weighted by Crippen LogP contribution is 2.21. The molecule has 0 aliphatic rings. The number of rotatable bonds is 6. The van der Waals surface area contributed by atoms with E-state index in [1.165, 1.54) is 7.11 Å². The fourth-order valence-corrected chi connectivity index (χ4v) is 2.09. The number of benzene rings is 1. The summed E-state index contributed by atoms with van der Waals surface area (Å²) in [7, 11) is 4.87. The van der Waals surface area contributed by atoms with Crippen molar-refractivity contribution in [2.45, 2.75) is 13.0 Å². The fraction of sp³-hybridized carbons (Fsp3) is 0.375. The van der Waals surface area contributed by atoms with Crippen LogP contribution in [0.4, 0.5) is 0 Å². The molecular formula is C16H21N3O3. The maximum absolute atomic E-state index is 12.6. The van der Waals surface area contributed by atoms with Crippen LogP contribution in [0.5, 0.6) is 5.75 Å². The highest BCUT2D eigenvalue weighted by atomic mass is 16.5. The Labute approximate surface area is 130 Å². The summed E-state index contributed by atoms with van der Waals surface area (Å²) in [5, 5.41) is 4.37. The number of ether oxygens (including phenoxy) is 2. The number of nitrogens with zero attached hydrogens (tertiary/aromatic N) is 3. The molecule has 1 atom stereocenters. The Morgan fingerprint density at radius 1 is 1.32 bits per heavy atom. The van der Waals surface area contributed by atoms with Gasteiger partial charge in [-0.3, -0.25) is 4.79 Å². The van der Waals surface area contributed by atoms with Crippen LogP contribution in [-0.4, -0.2) is 54.5 Å². The van der Waals surface area contributed by atoms with Crippen LogP contribution in [0.25, 0.3) is 5.69 Å². The van der Waals surface area contributed by atoms with Gasteiger partial charge in [-0.2, -0.15) is 5.10 Å². The van der Waals surface area contributed by atoms with Crippen LogP contribution >= 0.6 is 0 Å². The lowest BCUT2D eigenvalue weighted by Gasteiger charge is -2.23. The van der Waals surface area contributed by atoms with Gasteiger partial charge in [-0.1, -0.05) is 18.2 Å². The largest absolute Gasteiger partial charge is 0.493 e. The predicted molar refractivity (Wildman–Crippen MR) is 83.5 cm³/mol. The number of hydrogen-bond donors (Lipinski definition) is 0. The molecule has 0 aliphatic heterocycles. The van der Waals surface area contributed by atoms with Crippen LogP contribution in [0.2, 0.25) is 0 Å². The summed E-state index contributed by atoms with van der Waals surface area (Å²) >= 11 is 0. The average Bonchev–Trinajstić information content (AvgIpc) is 2.98. The molecule has 1 aromatic carbocycles. The number of carbonyl (C=O) groups is 1. The van der Waals surface area contributed by atoms with E-state index in [9.17, 15) is 4.79 Å². The van der Waals surface area contributed by atoms with Gasteiger partial charge in [0, 0.05) is 14.2 Å². The molecule has 0 radical (unpaired) electrons. The lowest BCUT2D eigenvalue weighted by molar-refractivity contribution is 0.0624. The molecule has 1 heterocycles. The summed E-state index contributed by atoms with van der Waals surface area (Å²) in [6.45, 7) is 2.38. The van der Waals surface area contributed by atoms with Gasteiger partial charge in [0.2, 0.25) is 0 Å². The Balaban J connectivity index is 2.31. The van der Waals surface area contributed by atoms with Crippen LogP contribution in [-0.2, 0) is 4.74 Å². The van der Waals surface area contributed by atoms with Crippen molar-refractivity contribution >= 4 is 5.91 Å². The van der Waals surface area contributed by atoms with Gasteiger partial charge in [0.15, 0.2) is 11.4 Å². The molecule has 0 N–H and O–H groups in total. The van der Waals surface area contributed by atoms with Crippen LogP contribution in [0.1, 0.15) is 17.4 Å². The van der Waals surface area contributed by atoms with Crippen molar-refractivity contribution in [1.29, 1.82) is 0 Å². The minimum atomic E-state index is -0.198. The van der Waals surface area contributed by atoms with E-state index in [0.717, 1.165) is 5.69 Å². The van der Waals surface area contributed by atoms with E-state index in [-0.39, 0.29) is 17.6 Å². The first-order valence-electron chi connectivity index (χ1n) is 7.03. The third-order valence-corrected chi connectivity index (χ3v) is 3.51. The van der Waals surface area contributed by atoms with E-state index in [1.807, 2.05) is 37.3 Å². The number of carbonyl (C=O) groups excluding carboxylic acids is 1. The molecule has 0 aliphatic carbocycles. The maximum atomic E-state index is 12.6. The molecular weight excluding hydrogens is 282 g/mol. The van der Waals surface area contributed by atoms with Gasteiger partial charge in [0.05, 0.1) is 31.6 Å². The zero-order valence-corrected chi connectivity index (χ0v) is 13.3. The highest BCUT2D eigenvalue weighted by Gasteiger charge is 2.24. The molecule has 118 valence electrons. The van der Waals surface area contributed by atoms with Crippen molar-refractivity contribution in [1.82, 2.24) is 14.7 Å². The van der Waals surface area contributed by atoms with E-state index < -0.39 is 0 Å². The van der Waals surface area contributed by atoms with Crippen LogP contribution in [0.3, 0.4) is 0 Å². The minimum Gasteiger partial charge on any atom is -0.493 e. The van der Waals surface area contributed by atoms with Gasteiger partial charge in [0.25, 0.3) is 5.91 Å². The van der Waals surface area contributed by atoms with Gasteiger partial charge < -0.3 is 14.4 Å². The zero-order chi connectivity index (χ0) is 16.1. The third kappa shape index (κ3) is 3.28. The highest BCUT2D eigenvalue weighted by molar-refractivity contribution is 5.95. The summed E-state index contributed by atoms with van der Waals surface area (Å²) in [6.07, 6.45) is 1.71. The van der Waals surface area contributed by atoms with E-state index in [0.29, 0.717) is 12.4 Å². The average molecular weight is 303 g/mol. The lowest BCUT2D eigenvalue weighted by Crippen LogP contribution is -2.38. The van der Waals surface area contributed by atoms with Crippen LogP contribution in [0, 0.1) is 0 Å². The number of amides is 1. The fourth-order valence-electron chi connectivity index (χ4n) is 2.09. The van der Waals surface area contributed by atoms with Crippen molar-refractivity contribution in [2.24, 2.45) is 0 Å². The summed E-state index contributed by atoms with van der Waals surface area (Å²) in [5.74, 6) is 0.251. The molecule has 1 amide bonds. The molecule has 0 saturated carbocycles. The molecule has 1 aromatic heterocycles. The Bertz CT molecular complexity index is 625. The monoisotopic (exact) mass is 303 g/mol. The summed E-state index contributed by atoms with van der Waals surface area (Å²) in [4.78, 5) is 14.2. The number of hydrogen-bond acceptors (Lipinski definition) is 4. The van der Waals surface area contributed by atoms with Gasteiger partial charge in [-0.15, -0.1) is 0 Å². The van der Waals surface area contributed by atoms with E-state index in [1.54, 1.807) is 29.9 Å².